The van der Waals surface area contributed by atoms with E-state index < -0.39 is 0 Å². The van der Waals surface area contributed by atoms with Gasteiger partial charge >= 0.3 is 0 Å². The Morgan fingerprint density at radius 3 is 2.56 bits per heavy atom. The fourth-order valence-corrected chi connectivity index (χ4v) is 1.48. The maximum Gasteiger partial charge on any atom is 0.223 e. The summed E-state index contributed by atoms with van der Waals surface area (Å²) in [4.78, 5) is 7.71. The highest BCUT2D eigenvalue weighted by Crippen LogP contribution is 2.29. The van der Waals surface area contributed by atoms with Crippen LogP contribution in [0.15, 0.2) is 28.2 Å². The number of aliphatic imine (C=N–C) groups is 2. The van der Waals surface area contributed by atoms with Gasteiger partial charge in [-0.25, -0.2) is 4.99 Å². The second-order valence-corrected chi connectivity index (χ2v) is 3.51. The SMILES string of the molecule is CCc1cccc(Cl)c1N=C(N)N=C(N)N. The van der Waals surface area contributed by atoms with Crippen LogP contribution in [0.25, 0.3) is 0 Å². The Kier molecular flexibility index (Phi) is 4.13. The van der Waals surface area contributed by atoms with Gasteiger partial charge in [0.2, 0.25) is 5.96 Å². The number of para-hydroxylation sites is 1. The second kappa shape index (κ2) is 5.37. The molecule has 86 valence electrons. The molecular weight excluding hydrogens is 226 g/mol. The van der Waals surface area contributed by atoms with Crippen molar-refractivity contribution >= 4 is 29.2 Å². The van der Waals surface area contributed by atoms with Crippen LogP contribution in [0, 0.1) is 0 Å². The van der Waals surface area contributed by atoms with E-state index in [4.69, 9.17) is 28.8 Å². The molecule has 0 amide bonds. The zero-order valence-electron chi connectivity index (χ0n) is 8.94. The van der Waals surface area contributed by atoms with Gasteiger partial charge in [-0.05, 0) is 18.1 Å². The van der Waals surface area contributed by atoms with Crippen molar-refractivity contribution in [2.24, 2.45) is 27.2 Å². The van der Waals surface area contributed by atoms with Crippen LogP contribution in [0.4, 0.5) is 5.69 Å². The van der Waals surface area contributed by atoms with E-state index in [2.05, 4.69) is 9.98 Å². The molecule has 5 nitrogen and oxygen atoms in total. The van der Waals surface area contributed by atoms with Gasteiger partial charge in [0.1, 0.15) is 0 Å². The standard InChI is InChI=1S/C10H14ClN5/c1-2-6-4-3-5-7(11)8(6)15-10(14)16-9(12)13/h3-5H,2H2,1H3,(H6,12,13,14,15,16). The Morgan fingerprint density at radius 2 is 2.00 bits per heavy atom. The Labute approximate surface area is 99.0 Å². The van der Waals surface area contributed by atoms with Crippen LogP contribution in [0.3, 0.4) is 0 Å². The van der Waals surface area contributed by atoms with E-state index in [-0.39, 0.29) is 11.9 Å². The molecule has 0 aliphatic rings. The molecule has 6 N–H and O–H groups in total. The molecule has 16 heavy (non-hydrogen) atoms. The molecule has 1 rings (SSSR count). The fraction of sp³-hybridized carbons (Fsp3) is 0.200. The first-order valence-electron chi connectivity index (χ1n) is 4.75. The summed E-state index contributed by atoms with van der Waals surface area (Å²) in [6.45, 7) is 2.00. The maximum absolute atomic E-state index is 6.02. The molecular formula is C10H14ClN5. The lowest BCUT2D eigenvalue weighted by molar-refractivity contribution is 1.13. The molecule has 0 aliphatic carbocycles. The van der Waals surface area contributed by atoms with Gasteiger partial charge in [-0.1, -0.05) is 30.7 Å². The number of aryl methyl sites for hydroxylation is 1. The van der Waals surface area contributed by atoms with Gasteiger partial charge in [-0.15, -0.1) is 0 Å². The summed E-state index contributed by atoms with van der Waals surface area (Å²) >= 11 is 6.02. The lowest BCUT2D eigenvalue weighted by Gasteiger charge is -2.05. The van der Waals surface area contributed by atoms with Gasteiger partial charge in [0.25, 0.3) is 0 Å². The molecule has 0 unspecified atom stereocenters. The molecule has 0 fully saturated rings. The van der Waals surface area contributed by atoms with Crippen LogP contribution >= 0.6 is 11.6 Å². The Morgan fingerprint density at radius 1 is 1.31 bits per heavy atom. The Hall–Kier alpha value is -1.75. The molecule has 1 aromatic rings. The first kappa shape index (κ1) is 12.3. The maximum atomic E-state index is 6.02. The van der Waals surface area contributed by atoms with E-state index in [9.17, 15) is 0 Å². The van der Waals surface area contributed by atoms with Gasteiger partial charge in [0.05, 0.1) is 10.7 Å². The Balaban J connectivity index is 3.18. The van der Waals surface area contributed by atoms with E-state index in [1.54, 1.807) is 6.07 Å². The van der Waals surface area contributed by atoms with Crippen LogP contribution in [-0.2, 0) is 6.42 Å². The molecule has 0 saturated carbocycles. The molecule has 0 bridgehead atoms. The highest BCUT2D eigenvalue weighted by molar-refractivity contribution is 6.33. The van der Waals surface area contributed by atoms with Crippen LogP contribution in [-0.4, -0.2) is 11.9 Å². The van der Waals surface area contributed by atoms with Crippen LogP contribution < -0.4 is 17.2 Å². The van der Waals surface area contributed by atoms with E-state index in [0.717, 1.165) is 12.0 Å². The summed E-state index contributed by atoms with van der Waals surface area (Å²) in [6, 6.07) is 5.52. The van der Waals surface area contributed by atoms with E-state index in [0.29, 0.717) is 10.7 Å². The number of guanidine groups is 2. The highest BCUT2D eigenvalue weighted by atomic mass is 35.5. The lowest BCUT2D eigenvalue weighted by Crippen LogP contribution is -2.26. The van der Waals surface area contributed by atoms with Crippen molar-refractivity contribution in [1.82, 2.24) is 0 Å². The van der Waals surface area contributed by atoms with Crippen molar-refractivity contribution in [3.05, 3.63) is 28.8 Å². The van der Waals surface area contributed by atoms with Crippen molar-refractivity contribution < 1.29 is 0 Å². The smallest absolute Gasteiger partial charge is 0.223 e. The van der Waals surface area contributed by atoms with Gasteiger partial charge in [0, 0.05) is 0 Å². The largest absolute Gasteiger partial charge is 0.370 e. The molecule has 0 heterocycles. The monoisotopic (exact) mass is 239 g/mol. The summed E-state index contributed by atoms with van der Waals surface area (Å²) in [5.74, 6) is -0.144. The summed E-state index contributed by atoms with van der Waals surface area (Å²) in [6.07, 6.45) is 0.800. The van der Waals surface area contributed by atoms with Crippen molar-refractivity contribution in [2.45, 2.75) is 13.3 Å². The zero-order chi connectivity index (χ0) is 12.1. The summed E-state index contributed by atoms with van der Waals surface area (Å²) < 4.78 is 0. The number of benzene rings is 1. The quantitative estimate of drug-likeness (QED) is 0.532. The third-order valence-electron chi connectivity index (χ3n) is 1.92. The van der Waals surface area contributed by atoms with E-state index >= 15 is 0 Å². The zero-order valence-corrected chi connectivity index (χ0v) is 9.70. The highest BCUT2D eigenvalue weighted by Gasteiger charge is 2.04. The molecule has 0 spiro atoms. The second-order valence-electron chi connectivity index (χ2n) is 3.11. The summed E-state index contributed by atoms with van der Waals surface area (Å²) in [7, 11) is 0. The summed E-state index contributed by atoms with van der Waals surface area (Å²) in [5.41, 5.74) is 17.5. The first-order chi connectivity index (χ1) is 7.54. The predicted molar refractivity (Wildman–Crippen MR) is 67.9 cm³/mol. The molecule has 0 saturated heterocycles. The minimum atomic E-state index is -0.133. The number of halogens is 1. The van der Waals surface area contributed by atoms with Crippen LogP contribution in [0.5, 0.6) is 0 Å². The third kappa shape index (κ3) is 3.13. The molecule has 6 heteroatoms. The summed E-state index contributed by atoms with van der Waals surface area (Å²) in [5, 5.41) is 0.521. The van der Waals surface area contributed by atoms with Gasteiger partial charge in [-0.3, -0.25) is 0 Å². The van der Waals surface area contributed by atoms with Gasteiger partial charge in [0.15, 0.2) is 5.96 Å². The van der Waals surface area contributed by atoms with Gasteiger partial charge < -0.3 is 17.2 Å². The van der Waals surface area contributed by atoms with Crippen LogP contribution in [0.2, 0.25) is 5.02 Å². The van der Waals surface area contributed by atoms with Crippen LogP contribution in [0.1, 0.15) is 12.5 Å². The van der Waals surface area contributed by atoms with Crippen molar-refractivity contribution in [2.75, 3.05) is 0 Å². The number of nitrogens with two attached hydrogens (primary N) is 3. The Bertz CT molecular complexity index is 435. The number of rotatable bonds is 2. The molecule has 0 atom stereocenters. The van der Waals surface area contributed by atoms with Crippen molar-refractivity contribution in [3.63, 3.8) is 0 Å². The predicted octanol–water partition coefficient (Wildman–Crippen LogP) is 1.12. The molecule has 0 aromatic heterocycles. The fourth-order valence-electron chi connectivity index (χ4n) is 1.24. The first-order valence-corrected chi connectivity index (χ1v) is 5.13. The van der Waals surface area contributed by atoms with Gasteiger partial charge in [-0.2, -0.15) is 4.99 Å². The molecule has 1 aromatic carbocycles. The van der Waals surface area contributed by atoms with E-state index in [1.165, 1.54) is 0 Å². The molecule has 0 aliphatic heterocycles. The lowest BCUT2D eigenvalue weighted by atomic mass is 10.1. The van der Waals surface area contributed by atoms with E-state index in [1.807, 2.05) is 19.1 Å². The number of hydrogen-bond donors (Lipinski definition) is 3. The number of nitrogens with zero attached hydrogens (tertiary/aromatic N) is 2. The normalized spacial score (nSPS) is 11.2. The van der Waals surface area contributed by atoms with Crippen molar-refractivity contribution in [3.8, 4) is 0 Å². The third-order valence-corrected chi connectivity index (χ3v) is 2.23. The average Bonchev–Trinajstić information content (AvgIpc) is 2.20. The van der Waals surface area contributed by atoms with Crippen molar-refractivity contribution in [1.29, 1.82) is 0 Å². The minimum absolute atomic E-state index is 0.0113. The number of hydrogen-bond acceptors (Lipinski definition) is 1. The molecule has 0 radical (unpaired) electrons. The topological polar surface area (TPSA) is 103 Å². The average molecular weight is 240 g/mol. The minimum Gasteiger partial charge on any atom is -0.370 e.